The van der Waals surface area contributed by atoms with Crippen LogP contribution in [0.4, 0.5) is 0 Å². The van der Waals surface area contributed by atoms with Crippen LogP contribution in [0.2, 0.25) is 0 Å². The molecular formula is C18H24ClN5O3. The first kappa shape index (κ1) is 19.4. The summed E-state index contributed by atoms with van der Waals surface area (Å²) in [7, 11) is 0. The van der Waals surface area contributed by atoms with Gasteiger partial charge in [-0.15, -0.1) is 12.4 Å². The van der Waals surface area contributed by atoms with Gasteiger partial charge in [-0.3, -0.25) is 14.3 Å². The van der Waals surface area contributed by atoms with Crippen molar-refractivity contribution >= 4 is 24.2 Å². The second kappa shape index (κ2) is 8.14. The standard InChI is InChI=1S/C18H23N5O3.ClH/c24-16(15-3-1-14-26-15)21-10-12-22(13-11-21)17(25)18(4-7-19-8-5-18)23-9-2-6-20-23;/h1-3,6,9,14,19H,4-5,7-8,10-13H2;1H. The molecule has 2 aliphatic heterocycles. The highest BCUT2D eigenvalue weighted by atomic mass is 35.5. The van der Waals surface area contributed by atoms with E-state index < -0.39 is 5.54 Å². The number of piperazine rings is 1. The van der Waals surface area contributed by atoms with Gasteiger partial charge in [0.25, 0.3) is 11.8 Å². The summed E-state index contributed by atoms with van der Waals surface area (Å²) in [6.07, 6.45) is 6.53. The molecule has 0 aromatic carbocycles. The topological polar surface area (TPSA) is 83.6 Å². The van der Waals surface area contributed by atoms with Crippen LogP contribution in [0.15, 0.2) is 41.3 Å². The van der Waals surface area contributed by atoms with Crippen molar-refractivity contribution in [3.63, 3.8) is 0 Å². The molecule has 8 nitrogen and oxygen atoms in total. The van der Waals surface area contributed by atoms with Crippen LogP contribution in [-0.4, -0.2) is 70.7 Å². The summed E-state index contributed by atoms with van der Waals surface area (Å²) in [5, 5.41) is 7.69. The molecule has 4 heterocycles. The molecule has 2 aromatic heterocycles. The van der Waals surface area contributed by atoms with E-state index in [1.807, 2.05) is 21.8 Å². The van der Waals surface area contributed by atoms with E-state index in [0.29, 0.717) is 31.9 Å². The predicted octanol–water partition coefficient (Wildman–Crippen LogP) is 0.961. The highest BCUT2D eigenvalue weighted by Gasteiger charge is 2.45. The molecular weight excluding hydrogens is 370 g/mol. The van der Waals surface area contributed by atoms with Crippen molar-refractivity contribution < 1.29 is 14.0 Å². The van der Waals surface area contributed by atoms with E-state index in [9.17, 15) is 9.59 Å². The first-order chi connectivity index (χ1) is 12.7. The lowest BCUT2D eigenvalue weighted by Gasteiger charge is -2.42. The van der Waals surface area contributed by atoms with Gasteiger partial charge in [0.05, 0.1) is 6.26 Å². The fourth-order valence-corrected chi connectivity index (χ4v) is 3.87. The Kier molecular flexibility index (Phi) is 5.86. The smallest absolute Gasteiger partial charge is 0.289 e. The second-order valence-electron chi connectivity index (χ2n) is 6.79. The molecule has 2 saturated heterocycles. The minimum Gasteiger partial charge on any atom is -0.459 e. The lowest BCUT2D eigenvalue weighted by atomic mass is 9.86. The molecule has 0 unspecified atom stereocenters. The number of piperidine rings is 1. The average Bonchev–Trinajstić information content (AvgIpc) is 3.41. The fourth-order valence-electron chi connectivity index (χ4n) is 3.87. The molecule has 0 spiro atoms. The molecule has 0 saturated carbocycles. The predicted molar refractivity (Wildman–Crippen MR) is 101 cm³/mol. The Morgan fingerprint density at radius 1 is 1.07 bits per heavy atom. The van der Waals surface area contributed by atoms with Crippen molar-refractivity contribution in [3.8, 4) is 0 Å². The summed E-state index contributed by atoms with van der Waals surface area (Å²) in [6.45, 7) is 3.67. The molecule has 0 aliphatic carbocycles. The van der Waals surface area contributed by atoms with Crippen molar-refractivity contribution in [1.82, 2.24) is 24.9 Å². The minimum absolute atomic E-state index is 0. The Labute approximate surface area is 163 Å². The number of aromatic nitrogens is 2. The van der Waals surface area contributed by atoms with Crippen molar-refractivity contribution in [2.24, 2.45) is 0 Å². The van der Waals surface area contributed by atoms with Crippen molar-refractivity contribution in [2.45, 2.75) is 18.4 Å². The molecule has 0 atom stereocenters. The van der Waals surface area contributed by atoms with Crippen LogP contribution in [-0.2, 0) is 10.3 Å². The maximum atomic E-state index is 13.4. The molecule has 2 aromatic rings. The third-order valence-corrected chi connectivity index (χ3v) is 5.36. The third kappa shape index (κ3) is 3.59. The number of nitrogens with zero attached hydrogens (tertiary/aromatic N) is 4. The summed E-state index contributed by atoms with van der Waals surface area (Å²) in [5.74, 6) is 0.328. The number of hydrogen-bond donors (Lipinski definition) is 1. The maximum absolute atomic E-state index is 13.4. The zero-order valence-electron chi connectivity index (χ0n) is 15.0. The van der Waals surface area contributed by atoms with E-state index in [2.05, 4.69) is 10.4 Å². The van der Waals surface area contributed by atoms with Gasteiger partial charge in [-0.25, -0.2) is 0 Å². The van der Waals surface area contributed by atoms with Gasteiger partial charge in [0.1, 0.15) is 5.54 Å². The van der Waals surface area contributed by atoms with E-state index in [1.165, 1.54) is 6.26 Å². The van der Waals surface area contributed by atoms with Crippen LogP contribution >= 0.6 is 12.4 Å². The molecule has 146 valence electrons. The summed E-state index contributed by atoms with van der Waals surface area (Å²) in [6, 6.07) is 5.23. The van der Waals surface area contributed by atoms with Crippen LogP contribution in [0.5, 0.6) is 0 Å². The zero-order valence-corrected chi connectivity index (χ0v) is 15.9. The van der Waals surface area contributed by atoms with E-state index in [-0.39, 0.29) is 24.2 Å². The van der Waals surface area contributed by atoms with E-state index >= 15 is 0 Å². The van der Waals surface area contributed by atoms with Crippen LogP contribution < -0.4 is 5.32 Å². The summed E-state index contributed by atoms with van der Waals surface area (Å²) in [5.41, 5.74) is -0.623. The molecule has 2 aliphatic rings. The van der Waals surface area contributed by atoms with Gasteiger partial charge in [0.15, 0.2) is 5.76 Å². The van der Waals surface area contributed by atoms with Crippen molar-refractivity contribution in [3.05, 3.63) is 42.6 Å². The summed E-state index contributed by atoms with van der Waals surface area (Å²) < 4.78 is 7.01. The lowest BCUT2D eigenvalue weighted by molar-refractivity contribution is -0.144. The van der Waals surface area contributed by atoms with Crippen LogP contribution in [0.1, 0.15) is 23.4 Å². The minimum atomic E-state index is -0.623. The maximum Gasteiger partial charge on any atom is 0.289 e. The van der Waals surface area contributed by atoms with E-state index in [4.69, 9.17) is 4.42 Å². The Hall–Kier alpha value is -2.32. The molecule has 4 rings (SSSR count). The van der Waals surface area contributed by atoms with E-state index in [1.54, 1.807) is 23.2 Å². The Morgan fingerprint density at radius 3 is 2.37 bits per heavy atom. The second-order valence-corrected chi connectivity index (χ2v) is 6.79. The highest BCUT2D eigenvalue weighted by molar-refractivity contribution is 5.92. The Morgan fingerprint density at radius 2 is 1.78 bits per heavy atom. The number of halogens is 1. The van der Waals surface area contributed by atoms with Crippen molar-refractivity contribution in [2.75, 3.05) is 39.3 Å². The van der Waals surface area contributed by atoms with Crippen LogP contribution in [0.3, 0.4) is 0 Å². The first-order valence-electron chi connectivity index (χ1n) is 9.04. The molecule has 0 bridgehead atoms. The van der Waals surface area contributed by atoms with Gasteiger partial charge in [-0.1, -0.05) is 0 Å². The number of amides is 2. The molecule has 27 heavy (non-hydrogen) atoms. The van der Waals surface area contributed by atoms with E-state index in [0.717, 1.165) is 25.9 Å². The summed E-state index contributed by atoms with van der Waals surface area (Å²) in [4.78, 5) is 29.4. The lowest BCUT2D eigenvalue weighted by Crippen LogP contribution is -2.59. The summed E-state index contributed by atoms with van der Waals surface area (Å²) >= 11 is 0. The molecule has 1 N–H and O–H groups in total. The number of carbonyl (C=O) groups is 2. The van der Waals surface area contributed by atoms with Gasteiger partial charge >= 0.3 is 0 Å². The largest absolute Gasteiger partial charge is 0.459 e. The number of nitrogens with one attached hydrogen (secondary N) is 1. The highest BCUT2D eigenvalue weighted by Crippen LogP contribution is 2.30. The zero-order chi connectivity index (χ0) is 18.0. The third-order valence-electron chi connectivity index (χ3n) is 5.36. The number of rotatable bonds is 3. The van der Waals surface area contributed by atoms with Gasteiger partial charge in [0.2, 0.25) is 0 Å². The van der Waals surface area contributed by atoms with Crippen LogP contribution in [0, 0.1) is 0 Å². The van der Waals surface area contributed by atoms with Crippen LogP contribution in [0.25, 0.3) is 0 Å². The normalized spacial score (nSPS) is 19.4. The van der Waals surface area contributed by atoms with Crippen molar-refractivity contribution in [1.29, 1.82) is 0 Å². The molecule has 2 amide bonds. The monoisotopic (exact) mass is 393 g/mol. The molecule has 9 heteroatoms. The van der Waals surface area contributed by atoms with Gasteiger partial charge in [0, 0.05) is 38.6 Å². The fraction of sp³-hybridized carbons (Fsp3) is 0.500. The number of carbonyl (C=O) groups excluding carboxylic acids is 2. The average molecular weight is 394 g/mol. The van der Waals surface area contributed by atoms with Gasteiger partial charge in [-0.2, -0.15) is 5.10 Å². The SMILES string of the molecule is Cl.O=C(c1ccco1)N1CCN(C(=O)C2(n3cccn3)CCNCC2)CC1. The number of hydrogen-bond acceptors (Lipinski definition) is 5. The van der Waals surface area contributed by atoms with Gasteiger partial charge < -0.3 is 19.5 Å². The van der Waals surface area contributed by atoms with Gasteiger partial charge in [-0.05, 0) is 44.1 Å². The quantitative estimate of drug-likeness (QED) is 0.839. The Balaban J connectivity index is 0.00000210. The first-order valence-corrected chi connectivity index (χ1v) is 9.04. The Bertz CT molecular complexity index is 748. The molecule has 0 radical (unpaired) electrons. The molecule has 2 fully saturated rings. The number of furan rings is 1.